The highest BCUT2D eigenvalue weighted by atomic mass is 35.5. The highest BCUT2D eigenvalue weighted by molar-refractivity contribution is 6.30. The van der Waals surface area contributed by atoms with Gasteiger partial charge in [-0.2, -0.15) is 5.10 Å². The van der Waals surface area contributed by atoms with Crippen molar-refractivity contribution in [2.75, 3.05) is 7.05 Å². The van der Waals surface area contributed by atoms with Crippen LogP contribution in [0.4, 0.5) is 0 Å². The van der Waals surface area contributed by atoms with Crippen molar-refractivity contribution in [1.82, 2.24) is 15.1 Å². The fraction of sp³-hybridized carbons (Fsp3) is 0.100. The second kappa shape index (κ2) is 6.69. The number of para-hydroxylation sites is 1. The number of hydrogen-bond acceptors (Lipinski definition) is 3. The summed E-state index contributed by atoms with van der Waals surface area (Å²) in [5.74, 6) is 1.28. The van der Waals surface area contributed by atoms with Crippen molar-refractivity contribution in [3.8, 4) is 11.3 Å². The Hall–Kier alpha value is -3.05. The SMILES string of the molecule is CN(Cc1ccc(-c2ccc(Cl)cc2)o1)C(=O)c1n[nH]c2ccccc12. The van der Waals surface area contributed by atoms with E-state index in [1.165, 1.54) is 0 Å². The molecule has 0 aliphatic heterocycles. The quantitative estimate of drug-likeness (QED) is 0.567. The van der Waals surface area contributed by atoms with Crippen LogP contribution in [0.15, 0.2) is 65.1 Å². The van der Waals surface area contributed by atoms with Gasteiger partial charge >= 0.3 is 0 Å². The molecule has 130 valence electrons. The summed E-state index contributed by atoms with van der Waals surface area (Å²) in [6.07, 6.45) is 0. The number of rotatable bonds is 4. The van der Waals surface area contributed by atoms with Crippen molar-refractivity contribution in [3.63, 3.8) is 0 Å². The molecule has 2 aromatic heterocycles. The van der Waals surface area contributed by atoms with Crippen LogP contribution in [0.2, 0.25) is 5.02 Å². The van der Waals surface area contributed by atoms with E-state index in [4.69, 9.17) is 16.0 Å². The first-order valence-electron chi connectivity index (χ1n) is 8.15. The number of H-pyrrole nitrogens is 1. The van der Waals surface area contributed by atoms with Gasteiger partial charge in [0.25, 0.3) is 5.91 Å². The number of hydrogen-bond donors (Lipinski definition) is 1. The van der Waals surface area contributed by atoms with E-state index in [1.807, 2.05) is 60.7 Å². The third kappa shape index (κ3) is 3.09. The van der Waals surface area contributed by atoms with Gasteiger partial charge in [0.1, 0.15) is 11.5 Å². The number of nitrogens with zero attached hydrogens (tertiary/aromatic N) is 2. The van der Waals surface area contributed by atoms with Gasteiger partial charge in [-0.05, 0) is 42.5 Å². The summed E-state index contributed by atoms with van der Waals surface area (Å²) in [6, 6.07) is 18.8. The van der Waals surface area contributed by atoms with E-state index in [0.717, 1.165) is 22.2 Å². The molecule has 2 heterocycles. The van der Waals surface area contributed by atoms with E-state index in [2.05, 4.69) is 10.2 Å². The van der Waals surface area contributed by atoms with Gasteiger partial charge in [-0.15, -0.1) is 0 Å². The lowest BCUT2D eigenvalue weighted by molar-refractivity contribution is 0.0772. The maximum absolute atomic E-state index is 12.7. The molecule has 0 atom stereocenters. The summed E-state index contributed by atoms with van der Waals surface area (Å²) < 4.78 is 5.87. The zero-order chi connectivity index (χ0) is 18.1. The van der Waals surface area contributed by atoms with Gasteiger partial charge in [0.15, 0.2) is 5.69 Å². The van der Waals surface area contributed by atoms with Gasteiger partial charge in [-0.1, -0.05) is 29.8 Å². The maximum atomic E-state index is 12.7. The minimum atomic E-state index is -0.160. The predicted octanol–water partition coefficient (Wildman–Crippen LogP) is 4.75. The minimum absolute atomic E-state index is 0.160. The topological polar surface area (TPSA) is 62.1 Å². The molecule has 0 unspecified atom stereocenters. The van der Waals surface area contributed by atoms with E-state index in [-0.39, 0.29) is 5.91 Å². The van der Waals surface area contributed by atoms with Crippen molar-refractivity contribution in [2.45, 2.75) is 6.54 Å². The van der Waals surface area contributed by atoms with Crippen LogP contribution in [-0.4, -0.2) is 28.1 Å². The number of amides is 1. The van der Waals surface area contributed by atoms with Crippen molar-refractivity contribution in [2.24, 2.45) is 0 Å². The number of carbonyl (C=O) groups is 1. The highest BCUT2D eigenvalue weighted by Crippen LogP contribution is 2.25. The molecule has 1 N–H and O–H groups in total. The van der Waals surface area contributed by atoms with Gasteiger partial charge in [-0.25, -0.2) is 0 Å². The maximum Gasteiger partial charge on any atom is 0.275 e. The molecule has 0 aliphatic carbocycles. The zero-order valence-electron chi connectivity index (χ0n) is 14.1. The standard InChI is InChI=1S/C20H16ClN3O2/c1-24(20(25)19-16-4-2-3-5-17(16)22-23-19)12-15-10-11-18(26-15)13-6-8-14(21)9-7-13/h2-11H,12H2,1H3,(H,22,23). The first-order chi connectivity index (χ1) is 12.6. The van der Waals surface area contributed by atoms with Gasteiger partial charge in [0, 0.05) is 23.0 Å². The van der Waals surface area contributed by atoms with Gasteiger partial charge in [-0.3, -0.25) is 9.89 Å². The molecule has 26 heavy (non-hydrogen) atoms. The van der Waals surface area contributed by atoms with Gasteiger partial charge < -0.3 is 9.32 Å². The molecule has 2 aromatic carbocycles. The van der Waals surface area contributed by atoms with Crippen LogP contribution in [0.3, 0.4) is 0 Å². The van der Waals surface area contributed by atoms with Crippen molar-refractivity contribution in [1.29, 1.82) is 0 Å². The summed E-state index contributed by atoms with van der Waals surface area (Å²) in [5.41, 5.74) is 2.19. The van der Waals surface area contributed by atoms with Crippen LogP contribution < -0.4 is 0 Å². The van der Waals surface area contributed by atoms with Gasteiger partial charge in [0.2, 0.25) is 0 Å². The van der Waals surface area contributed by atoms with Crippen molar-refractivity contribution >= 4 is 28.4 Å². The second-order valence-electron chi connectivity index (χ2n) is 6.05. The Morgan fingerprint density at radius 3 is 2.69 bits per heavy atom. The first kappa shape index (κ1) is 16.4. The van der Waals surface area contributed by atoms with E-state index in [9.17, 15) is 4.79 Å². The van der Waals surface area contributed by atoms with Crippen molar-refractivity contribution in [3.05, 3.63) is 77.1 Å². The average molecular weight is 366 g/mol. The third-order valence-electron chi connectivity index (χ3n) is 4.20. The molecule has 0 bridgehead atoms. The number of benzene rings is 2. The fourth-order valence-corrected chi connectivity index (χ4v) is 2.97. The van der Waals surface area contributed by atoms with Crippen LogP contribution in [0.25, 0.3) is 22.2 Å². The summed E-state index contributed by atoms with van der Waals surface area (Å²) in [4.78, 5) is 14.3. The number of furan rings is 1. The molecule has 6 heteroatoms. The average Bonchev–Trinajstić information content (AvgIpc) is 3.29. The molecular weight excluding hydrogens is 350 g/mol. The summed E-state index contributed by atoms with van der Waals surface area (Å²) in [7, 11) is 1.73. The summed E-state index contributed by atoms with van der Waals surface area (Å²) >= 11 is 5.92. The lowest BCUT2D eigenvalue weighted by Crippen LogP contribution is -2.26. The molecule has 0 saturated heterocycles. The molecule has 4 aromatic rings. The Bertz CT molecular complexity index is 1070. The summed E-state index contributed by atoms with van der Waals surface area (Å²) in [6.45, 7) is 0.355. The Labute approximate surface area is 155 Å². The van der Waals surface area contributed by atoms with Crippen LogP contribution in [0, 0.1) is 0 Å². The number of aromatic amines is 1. The first-order valence-corrected chi connectivity index (χ1v) is 8.53. The molecule has 0 fully saturated rings. The normalized spacial score (nSPS) is 11.0. The Balaban J connectivity index is 1.52. The van der Waals surface area contributed by atoms with E-state index < -0.39 is 0 Å². The van der Waals surface area contributed by atoms with Gasteiger partial charge in [0.05, 0.1) is 12.1 Å². The molecule has 1 amide bonds. The smallest absolute Gasteiger partial charge is 0.275 e. The Kier molecular flexibility index (Phi) is 4.22. The molecule has 0 radical (unpaired) electrons. The molecule has 0 aliphatic rings. The van der Waals surface area contributed by atoms with Crippen LogP contribution in [0.1, 0.15) is 16.2 Å². The largest absolute Gasteiger partial charge is 0.459 e. The minimum Gasteiger partial charge on any atom is -0.459 e. The molecule has 5 nitrogen and oxygen atoms in total. The molecular formula is C20H16ClN3O2. The number of carbonyl (C=O) groups excluding carboxylic acids is 1. The van der Waals surface area contributed by atoms with E-state index >= 15 is 0 Å². The second-order valence-corrected chi connectivity index (χ2v) is 6.49. The summed E-state index contributed by atoms with van der Waals surface area (Å²) in [5, 5.41) is 8.53. The molecule has 0 spiro atoms. The number of aromatic nitrogens is 2. The number of nitrogens with one attached hydrogen (secondary N) is 1. The number of halogens is 1. The van der Waals surface area contributed by atoms with E-state index in [0.29, 0.717) is 23.0 Å². The fourth-order valence-electron chi connectivity index (χ4n) is 2.85. The monoisotopic (exact) mass is 365 g/mol. The Morgan fingerprint density at radius 2 is 1.88 bits per heavy atom. The lowest BCUT2D eigenvalue weighted by Gasteiger charge is -2.14. The van der Waals surface area contributed by atoms with E-state index in [1.54, 1.807) is 11.9 Å². The number of fused-ring (bicyclic) bond motifs is 1. The zero-order valence-corrected chi connectivity index (χ0v) is 14.8. The highest BCUT2D eigenvalue weighted by Gasteiger charge is 2.19. The van der Waals surface area contributed by atoms with Crippen LogP contribution in [-0.2, 0) is 6.54 Å². The third-order valence-corrected chi connectivity index (χ3v) is 4.45. The van der Waals surface area contributed by atoms with Crippen LogP contribution in [0.5, 0.6) is 0 Å². The van der Waals surface area contributed by atoms with Crippen molar-refractivity contribution < 1.29 is 9.21 Å². The predicted molar refractivity (Wildman–Crippen MR) is 101 cm³/mol. The molecule has 4 rings (SSSR count). The Morgan fingerprint density at radius 1 is 1.12 bits per heavy atom. The van der Waals surface area contributed by atoms with Crippen LogP contribution >= 0.6 is 11.6 Å². The lowest BCUT2D eigenvalue weighted by atomic mass is 10.2. The molecule has 0 saturated carbocycles.